The van der Waals surface area contributed by atoms with Crippen LogP contribution in [0, 0.1) is 5.41 Å². The van der Waals surface area contributed by atoms with Gasteiger partial charge in [-0.1, -0.05) is 11.6 Å². The van der Waals surface area contributed by atoms with Crippen molar-refractivity contribution in [3.63, 3.8) is 0 Å². The molecule has 1 aliphatic heterocycles. The zero-order valence-electron chi connectivity index (χ0n) is 15.7. The SMILES string of the molecule is COC(=O)c1cc(Cl)c(NC(=O)N2CCC(C(=O)OC)(C(F)(F)F)C2)cc1OC. The summed E-state index contributed by atoms with van der Waals surface area (Å²) < 4.78 is 54.4. The van der Waals surface area contributed by atoms with Gasteiger partial charge < -0.3 is 24.4 Å². The summed E-state index contributed by atoms with van der Waals surface area (Å²) in [6.45, 7) is -1.22. The first-order valence-corrected chi connectivity index (χ1v) is 8.55. The number of hydrogen-bond donors (Lipinski definition) is 1. The maximum Gasteiger partial charge on any atom is 0.406 e. The largest absolute Gasteiger partial charge is 0.496 e. The highest BCUT2D eigenvalue weighted by atomic mass is 35.5. The van der Waals surface area contributed by atoms with Crippen LogP contribution in [-0.4, -0.2) is 63.5 Å². The predicted molar refractivity (Wildman–Crippen MR) is 95.1 cm³/mol. The number of benzene rings is 1. The molecule has 2 amide bonds. The second-order valence-corrected chi connectivity index (χ2v) is 6.60. The van der Waals surface area contributed by atoms with Crippen LogP contribution in [0.15, 0.2) is 12.1 Å². The second kappa shape index (κ2) is 8.36. The summed E-state index contributed by atoms with van der Waals surface area (Å²) in [5.41, 5.74) is -2.79. The third-order valence-corrected chi connectivity index (χ3v) is 4.92. The molecule has 0 aromatic heterocycles. The van der Waals surface area contributed by atoms with E-state index in [9.17, 15) is 27.6 Å². The Kier molecular flexibility index (Phi) is 6.51. The summed E-state index contributed by atoms with van der Waals surface area (Å²) in [7, 11) is 3.29. The number of carbonyl (C=O) groups excluding carboxylic acids is 3. The Hall–Kier alpha value is -2.69. The zero-order chi connectivity index (χ0) is 22.0. The Balaban J connectivity index is 2.25. The number of likely N-dealkylation sites (tertiary alicyclic amines) is 1. The average Bonchev–Trinajstić information content (AvgIpc) is 3.14. The molecule has 0 spiro atoms. The Morgan fingerprint density at radius 1 is 1.17 bits per heavy atom. The first-order valence-electron chi connectivity index (χ1n) is 8.17. The number of rotatable bonds is 4. The van der Waals surface area contributed by atoms with E-state index in [0.717, 1.165) is 19.1 Å². The number of nitrogens with zero attached hydrogens (tertiary/aromatic N) is 1. The molecule has 1 aromatic carbocycles. The molecule has 160 valence electrons. The molecule has 2 rings (SSSR count). The van der Waals surface area contributed by atoms with Crippen molar-refractivity contribution in [3.8, 4) is 5.75 Å². The number of nitrogens with one attached hydrogen (secondary N) is 1. The van der Waals surface area contributed by atoms with Crippen LogP contribution in [0.3, 0.4) is 0 Å². The highest BCUT2D eigenvalue weighted by Crippen LogP contribution is 2.46. The predicted octanol–water partition coefficient (Wildman–Crippen LogP) is 3.09. The van der Waals surface area contributed by atoms with Crippen molar-refractivity contribution in [1.29, 1.82) is 0 Å². The summed E-state index contributed by atoms with van der Waals surface area (Å²) in [4.78, 5) is 36.8. The monoisotopic (exact) mass is 438 g/mol. The van der Waals surface area contributed by atoms with E-state index in [1.165, 1.54) is 19.2 Å². The van der Waals surface area contributed by atoms with Gasteiger partial charge in [-0.2, -0.15) is 13.2 Å². The summed E-state index contributed by atoms with van der Waals surface area (Å²) in [6.07, 6.45) is -5.52. The molecule has 1 fully saturated rings. The lowest BCUT2D eigenvalue weighted by Crippen LogP contribution is -2.48. The Bertz CT molecular complexity index is 832. The minimum atomic E-state index is -4.89. The van der Waals surface area contributed by atoms with E-state index in [1.54, 1.807) is 0 Å². The molecule has 29 heavy (non-hydrogen) atoms. The van der Waals surface area contributed by atoms with Gasteiger partial charge in [0, 0.05) is 19.2 Å². The second-order valence-electron chi connectivity index (χ2n) is 6.20. The Labute approximate surface area is 168 Å². The van der Waals surface area contributed by atoms with Crippen LogP contribution < -0.4 is 10.1 Å². The highest BCUT2D eigenvalue weighted by molar-refractivity contribution is 6.34. The third-order valence-electron chi connectivity index (χ3n) is 4.61. The van der Waals surface area contributed by atoms with Gasteiger partial charge in [-0.15, -0.1) is 0 Å². The summed E-state index contributed by atoms with van der Waals surface area (Å²) in [5.74, 6) is -2.14. The van der Waals surface area contributed by atoms with Crippen LogP contribution in [0.1, 0.15) is 16.8 Å². The summed E-state index contributed by atoms with van der Waals surface area (Å²) in [5, 5.41) is 2.30. The molecular formula is C17H18ClF3N2O6. The minimum absolute atomic E-state index is 0.000881. The van der Waals surface area contributed by atoms with E-state index in [4.69, 9.17) is 16.3 Å². The number of urea groups is 1. The van der Waals surface area contributed by atoms with Crippen LogP contribution in [-0.2, 0) is 14.3 Å². The average molecular weight is 439 g/mol. The smallest absolute Gasteiger partial charge is 0.406 e. The van der Waals surface area contributed by atoms with Crippen LogP contribution in [0.4, 0.5) is 23.7 Å². The van der Waals surface area contributed by atoms with Crippen LogP contribution in [0.2, 0.25) is 5.02 Å². The molecule has 1 aliphatic rings. The maximum absolute atomic E-state index is 13.5. The van der Waals surface area contributed by atoms with E-state index in [-0.39, 0.29) is 28.6 Å². The number of ether oxygens (including phenoxy) is 3. The normalized spacial score (nSPS) is 18.9. The third kappa shape index (κ3) is 4.19. The van der Waals surface area contributed by atoms with Gasteiger partial charge in [-0.05, 0) is 12.5 Å². The first-order chi connectivity index (χ1) is 13.5. The van der Waals surface area contributed by atoms with Crippen molar-refractivity contribution in [2.45, 2.75) is 12.6 Å². The molecule has 8 nitrogen and oxygen atoms in total. The molecule has 1 unspecified atom stereocenters. The number of amides is 2. The Morgan fingerprint density at radius 3 is 2.34 bits per heavy atom. The lowest BCUT2D eigenvalue weighted by molar-refractivity contribution is -0.228. The van der Waals surface area contributed by atoms with Crippen LogP contribution in [0.5, 0.6) is 5.75 Å². The Morgan fingerprint density at radius 2 is 1.83 bits per heavy atom. The van der Waals surface area contributed by atoms with E-state index in [0.29, 0.717) is 0 Å². The van der Waals surface area contributed by atoms with E-state index in [2.05, 4.69) is 14.8 Å². The molecule has 0 saturated carbocycles. The lowest BCUT2D eigenvalue weighted by Gasteiger charge is -2.28. The lowest BCUT2D eigenvalue weighted by atomic mass is 9.86. The molecule has 0 radical (unpaired) electrons. The number of hydrogen-bond acceptors (Lipinski definition) is 6. The van der Waals surface area contributed by atoms with Gasteiger partial charge in [-0.3, -0.25) is 4.79 Å². The number of anilines is 1. The van der Waals surface area contributed by atoms with Crippen molar-refractivity contribution in [3.05, 3.63) is 22.7 Å². The first kappa shape index (κ1) is 22.6. The van der Waals surface area contributed by atoms with Crippen molar-refractivity contribution < 1.29 is 41.8 Å². The van der Waals surface area contributed by atoms with Crippen LogP contribution >= 0.6 is 11.6 Å². The van der Waals surface area contributed by atoms with Crippen molar-refractivity contribution in [2.24, 2.45) is 5.41 Å². The number of carbonyl (C=O) groups is 3. The standard InChI is InChI=1S/C17H18ClF3N2O6/c1-27-12-7-11(10(18)6-9(12)13(24)28-2)22-15(26)23-5-4-16(8-23,14(25)29-3)17(19,20)21/h6-7H,4-5,8H2,1-3H3,(H,22,26). The molecule has 0 bridgehead atoms. The van der Waals surface area contributed by atoms with E-state index in [1.807, 2.05) is 0 Å². The van der Waals surface area contributed by atoms with Crippen molar-refractivity contribution in [2.75, 3.05) is 39.7 Å². The highest BCUT2D eigenvalue weighted by Gasteiger charge is 2.64. The van der Waals surface area contributed by atoms with Crippen molar-refractivity contribution >= 4 is 35.3 Å². The van der Waals surface area contributed by atoms with Gasteiger partial charge in [0.1, 0.15) is 11.3 Å². The van der Waals surface area contributed by atoms with Gasteiger partial charge in [0.15, 0.2) is 5.41 Å². The molecule has 1 aromatic rings. The summed E-state index contributed by atoms with van der Waals surface area (Å²) in [6, 6.07) is 1.52. The van der Waals surface area contributed by atoms with Gasteiger partial charge in [0.05, 0.1) is 32.0 Å². The number of alkyl halides is 3. The van der Waals surface area contributed by atoms with E-state index < -0.39 is 42.5 Å². The van der Waals surface area contributed by atoms with E-state index >= 15 is 0 Å². The molecule has 1 heterocycles. The van der Waals surface area contributed by atoms with Gasteiger partial charge in [0.2, 0.25) is 0 Å². The van der Waals surface area contributed by atoms with Crippen molar-refractivity contribution in [1.82, 2.24) is 4.90 Å². The van der Waals surface area contributed by atoms with Gasteiger partial charge in [0.25, 0.3) is 0 Å². The molecule has 1 saturated heterocycles. The number of halogens is 4. The zero-order valence-corrected chi connectivity index (χ0v) is 16.4. The quantitative estimate of drug-likeness (QED) is 0.726. The number of esters is 2. The molecule has 0 aliphatic carbocycles. The number of methoxy groups -OCH3 is 3. The summed E-state index contributed by atoms with van der Waals surface area (Å²) >= 11 is 6.06. The molecule has 12 heteroatoms. The molecule has 1 N–H and O–H groups in total. The fourth-order valence-corrected chi connectivity index (χ4v) is 3.18. The minimum Gasteiger partial charge on any atom is -0.496 e. The molecular weight excluding hydrogens is 421 g/mol. The van der Waals surface area contributed by atoms with Gasteiger partial charge >= 0.3 is 24.1 Å². The van der Waals surface area contributed by atoms with Gasteiger partial charge in [-0.25, -0.2) is 9.59 Å². The topological polar surface area (TPSA) is 94.2 Å². The fourth-order valence-electron chi connectivity index (χ4n) is 2.97. The fraction of sp³-hybridized carbons (Fsp3) is 0.471. The molecule has 1 atom stereocenters. The van der Waals surface area contributed by atoms with Crippen LogP contribution in [0.25, 0.3) is 0 Å². The maximum atomic E-state index is 13.5.